The molecule has 0 aliphatic carbocycles. The summed E-state index contributed by atoms with van der Waals surface area (Å²) in [7, 11) is 0. The first-order chi connectivity index (χ1) is 9.54. The van der Waals surface area contributed by atoms with Gasteiger partial charge in [-0.25, -0.2) is 0 Å². The highest BCUT2D eigenvalue weighted by molar-refractivity contribution is 9.10. The molecule has 2 heteroatoms. The van der Waals surface area contributed by atoms with Crippen LogP contribution in [-0.2, 0) is 12.8 Å². The SMILES string of the molecule is CC(C)Cc1ccc(C(O)Cc2cccc(Br)c2)cc1. The molecule has 1 nitrogen and oxygen atoms in total. The molecule has 0 heterocycles. The summed E-state index contributed by atoms with van der Waals surface area (Å²) < 4.78 is 1.05. The van der Waals surface area contributed by atoms with Crippen LogP contribution in [0.4, 0.5) is 0 Å². The number of hydrogen-bond acceptors (Lipinski definition) is 1. The standard InChI is InChI=1S/C18H21BrO/c1-13(2)10-14-6-8-16(9-7-14)18(20)12-15-4-3-5-17(19)11-15/h3-9,11,13,18,20H,10,12H2,1-2H3. The Bertz CT molecular complexity index is 546. The Kier molecular flexibility index (Phi) is 5.38. The van der Waals surface area contributed by atoms with E-state index in [0.29, 0.717) is 12.3 Å². The van der Waals surface area contributed by atoms with Crippen LogP contribution in [0.1, 0.15) is 36.6 Å². The third-order valence-corrected chi connectivity index (χ3v) is 3.82. The molecular formula is C18H21BrO. The fraction of sp³-hybridized carbons (Fsp3) is 0.333. The summed E-state index contributed by atoms with van der Waals surface area (Å²) >= 11 is 3.46. The minimum absolute atomic E-state index is 0.447. The van der Waals surface area contributed by atoms with Gasteiger partial charge in [0.15, 0.2) is 0 Å². The first-order valence-corrected chi connectivity index (χ1v) is 7.85. The Morgan fingerprint density at radius 2 is 1.65 bits per heavy atom. The topological polar surface area (TPSA) is 20.2 Å². The van der Waals surface area contributed by atoms with Crippen molar-refractivity contribution in [3.63, 3.8) is 0 Å². The Labute approximate surface area is 129 Å². The molecule has 1 N–H and O–H groups in total. The number of aliphatic hydroxyl groups excluding tert-OH is 1. The second-order valence-electron chi connectivity index (χ2n) is 5.69. The zero-order valence-electron chi connectivity index (χ0n) is 12.0. The van der Waals surface area contributed by atoms with E-state index in [1.807, 2.05) is 30.3 Å². The van der Waals surface area contributed by atoms with E-state index in [-0.39, 0.29) is 0 Å². The van der Waals surface area contributed by atoms with Crippen molar-refractivity contribution in [1.29, 1.82) is 0 Å². The molecule has 0 radical (unpaired) electrons. The van der Waals surface area contributed by atoms with Gasteiger partial charge in [-0.15, -0.1) is 0 Å². The van der Waals surface area contributed by atoms with Gasteiger partial charge in [0.05, 0.1) is 6.10 Å². The zero-order chi connectivity index (χ0) is 14.5. The quantitative estimate of drug-likeness (QED) is 0.823. The predicted molar refractivity (Wildman–Crippen MR) is 87.8 cm³/mol. The molecular weight excluding hydrogens is 312 g/mol. The molecule has 0 saturated carbocycles. The third-order valence-electron chi connectivity index (χ3n) is 3.33. The van der Waals surface area contributed by atoms with Gasteiger partial charge in [0.2, 0.25) is 0 Å². The minimum Gasteiger partial charge on any atom is -0.388 e. The summed E-state index contributed by atoms with van der Waals surface area (Å²) in [5, 5.41) is 10.3. The molecule has 2 aromatic carbocycles. The lowest BCUT2D eigenvalue weighted by Crippen LogP contribution is -2.02. The zero-order valence-corrected chi connectivity index (χ0v) is 13.6. The average Bonchev–Trinajstić information content (AvgIpc) is 2.38. The van der Waals surface area contributed by atoms with Crippen LogP contribution in [0.2, 0.25) is 0 Å². The molecule has 0 aliphatic rings. The van der Waals surface area contributed by atoms with Crippen LogP contribution in [0, 0.1) is 5.92 Å². The molecule has 0 aromatic heterocycles. The highest BCUT2D eigenvalue weighted by atomic mass is 79.9. The van der Waals surface area contributed by atoms with Gasteiger partial charge in [-0.3, -0.25) is 0 Å². The molecule has 0 bridgehead atoms. The molecule has 2 aromatic rings. The summed E-state index contributed by atoms with van der Waals surface area (Å²) in [6.45, 7) is 4.44. The molecule has 0 aliphatic heterocycles. The highest BCUT2D eigenvalue weighted by Gasteiger charge is 2.09. The summed E-state index contributed by atoms with van der Waals surface area (Å²) in [6, 6.07) is 16.4. The van der Waals surface area contributed by atoms with Gasteiger partial charge >= 0.3 is 0 Å². The smallest absolute Gasteiger partial charge is 0.0830 e. The van der Waals surface area contributed by atoms with Gasteiger partial charge in [0.25, 0.3) is 0 Å². The summed E-state index contributed by atoms with van der Waals surface area (Å²) in [6.07, 6.45) is 1.28. The van der Waals surface area contributed by atoms with E-state index in [2.05, 4.69) is 48.0 Å². The van der Waals surface area contributed by atoms with E-state index in [1.54, 1.807) is 0 Å². The van der Waals surface area contributed by atoms with Crippen LogP contribution in [0.15, 0.2) is 53.0 Å². The predicted octanol–water partition coefficient (Wildman–Crippen LogP) is 4.92. The number of halogens is 1. The van der Waals surface area contributed by atoms with Crippen LogP contribution in [0.25, 0.3) is 0 Å². The fourth-order valence-electron chi connectivity index (χ4n) is 2.35. The van der Waals surface area contributed by atoms with Gasteiger partial charge < -0.3 is 5.11 Å². The van der Waals surface area contributed by atoms with E-state index in [1.165, 1.54) is 5.56 Å². The van der Waals surface area contributed by atoms with E-state index >= 15 is 0 Å². The number of aliphatic hydroxyl groups is 1. The molecule has 0 amide bonds. The van der Waals surface area contributed by atoms with Crippen molar-refractivity contribution in [1.82, 2.24) is 0 Å². The van der Waals surface area contributed by atoms with Gasteiger partial charge in [-0.2, -0.15) is 0 Å². The molecule has 20 heavy (non-hydrogen) atoms. The summed E-state index contributed by atoms with van der Waals surface area (Å²) in [5.41, 5.74) is 3.45. The van der Waals surface area contributed by atoms with Crippen LogP contribution in [0.5, 0.6) is 0 Å². The molecule has 0 spiro atoms. The molecule has 106 valence electrons. The molecule has 2 rings (SSSR count). The Morgan fingerprint density at radius 1 is 0.950 bits per heavy atom. The monoisotopic (exact) mass is 332 g/mol. The maximum absolute atomic E-state index is 10.3. The van der Waals surface area contributed by atoms with E-state index < -0.39 is 6.10 Å². The van der Waals surface area contributed by atoms with Crippen molar-refractivity contribution in [3.8, 4) is 0 Å². The minimum atomic E-state index is -0.447. The first-order valence-electron chi connectivity index (χ1n) is 7.06. The largest absolute Gasteiger partial charge is 0.388 e. The van der Waals surface area contributed by atoms with E-state index in [9.17, 15) is 5.11 Å². The first kappa shape index (κ1) is 15.3. The number of rotatable bonds is 5. The third kappa shape index (κ3) is 4.46. The number of benzene rings is 2. The van der Waals surface area contributed by atoms with Crippen LogP contribution < -0.4 is 0 Å². The van der Waals surface area contributed by atoms with Gasteiger partial charge in [0, 0.05) is 10.9 Å². The Balaban J connectivity index is 2.03. The Hall–Kier alpha value is -1.12. The fourth-order valence-corrected chi connectivity index (χ4v) is 2.80. The van der Waals surface area contributed by atoms with Gasteiger partial charge in [0.1, 0.15) is 0 Å². The van der Waals surface area contributed by atoms with Crippen molar-refractivity contribution < 1.29 is 5.11 Å². The second kappa shape index (κ2) is 7.05. The van der Waals surface area contributed by atoms with Gasteiger partial charge in [-0.1, -0.05) is 66.2 Å². The van der Waals surface area contributed by atoms with Crippen LogP contribution in [0.3, 0.4) is 0 Å². The molecule has 0 fully saturated rings. The lowest BCUT2D eigenvalue weighted by atomic mass is 9.97. The molecule has 1 unspecified atom stereocenters. The highest BCUT2D eigenvalue weighted by Crippen LogP contribution is 2.21. The lowest BCUT2D eigenvalue weighted by molar-refractivity contribution is 0.178. The van der Waals surface area contributed by atoms with E-state index in [0.717, 1.165) is 22.0 Å². The maximum atomic E-state index is 10.3. The van der Waals surface area contributed by atoms with E-state index in [4.69, 9.17) is 0 Å². The normalized spacial score (nSPS) is 12.7. The van der Waals surface area contributed by atoms with Crippen molar-refractivity contribution >= 4 is 15.9 Å². The number of hydrogen-bond donors (Lipinski definition) is 1. The van der Waals surface area contributed by atoms with Crippen molar-refractivity contribution in [2.45, 2.75) is 32.8 Å². The van der Waals surface area contributed by atoms with Gasteiger partial charge in [-0.05, 0) is 41.2 Å². The van der Waals surface area contributed by atoms with Crippen molar-refractivity contribution in [2.24, 2.45) is 5.92 Å². The molecule has 0 saturated heterocycles. The maximum Gasteiger partial charge on any atom is 0.0830 e. The summed E-state index contributed by atoms with van der Waals surface area (Å²) in [5.74, 6) is 0.660. The summed E-state index contributed by atoms with van der Waals surface area (Å²) in [4.78, 5) is 0. The Morgan fingerprint density at radius 3 is 2.25 bits per heavy atom. The van der Waals surface area contributed by atoms with Crippen molar-refractivity contribution in [3.05, 3.63) is 69.7 Å². The second-order valence-corrected chi connectivity index (χ2v) is 6.61. The van der Waals surface area contributed by atoms with Crippen molar-refractivity contribution in [2.75, 3.05) is 0 Å². The average molecular weight is 333 g/mol. The van der Waals surface area contributed by atoms with Crippen LogP contribution >= 0.6 is 15.9 Å². The van der Waals surface area contributed by atoms with Crippen LogP contribution in [-0.4, -0.2) is 5.11 Å². The lowest BCUT2D eigenvalue weighted by Gasteiger charge is -2.13. The molecule has 1 atom stereocenters.